The summed E-state index contributed by atoms with van der Waals surface area (Å²) in [4.78, 5) is 2.35. The number of benzene rings is 9. The molecule has 0 aliphatic carbocycles. The Kier molecular flexibility index (Phi) is 7.22. The molecule has 0 saturated carbocycles. The van der Waals surface area contributed by atoms with Gasteiger partial charge in [0.05, 0.1) is 0 Å². The minimum atomic E-state index is 1.11. The number of nitrogens with zero attached hydrogens (tertiary/aromatic N) is 1. The zero-order valence-electron chi connectivity index (χ0n) is 27.0. The lowest BCUT2D eigenvalue weighted by Gasteiger charge is -2.26. The van der Waals surface area contributed by atoms with Crippen LogP contribution in [0.5, 0.6) is 0 Å². The summed E-state index contributed by atoms with van der Waals surface area (Å²) in [6, 6.07) is 72.4. The van der Waals surface area contributed by atoms with Crippen LogP contribution < -0.4 is 4.90 Å². The molecule has 0 amide bonds. The molecule has 1 heteroatoms. The first-order valence-corrected chi connectivity index (χ1v) is 16.8. The van der Waals surface area contributed by atoms with Crippen LogP contribution in [-0.4, -0.2) is 0 Å². The summed E-state index contributed by atoms with van der Waals surface area (Å²) >= 11 is 0. The predicted octanol–water partition coefficient (Wildman–Crippen LogP) is 13.6. The van der Waals surface area contributed by atoms with E-state index in [1.165, 1.54) is 65.7 Å². The molecule has 0 N–H and O–H groups in total. The fraction of sp³-hybridized carbons (Fsp3) is 0. The van der Waals surface area contributed by atoms with Crippen LogP contribution in [0.25, 0.3) is 65.7 Å². The molecule has 230 valence electrons. The Bertz CT molecular complexity index is 2450. The quantitative estimate of drug-likeness (QED) is 0.178. The highest BCUT2D eigenvalue weighted by atomic mass is 15.1. The second kappa shape index (κ2) is 12.3. The molecule has 0 fully saturated rings. The normalized spacial score (nSPS) is 11.3. The molecule has 0 heterocycles. The minimum absolute atomic E-state index is 1.11. The van der Waals surface area contributed by atoms with Gasteiger partial charge in [-0.1, -0.05) is 158 Å². The van der Waals surface area contributed by atoms with Crippen LogP contribution in [0.2, 0.25) is 0 Å². The fourth-order valence-electron chi connectivity index (χ4n) is 7.15. The molecule has 9 aromatic carbocycles. The van der Waals surface area contributed by atoms with E-state index in [-0.39, 0.29) is 0 Å². The summed E-state index contributed by atoms with van der Waals surface area (Å²) < 4.78 is 0. The maximum absolute atomic E-state index is 2.35. The molecule has 0 spiro atoms. The molecule has 1 nitrogen and oxygen atoms in total. The highest BCUT2D eigenvalue weighted by molar-refractivity contribution is 5.98. The standard InChI is InChI=1S/C48H33N/c1-2-12-40-33-41(20-19-34(40)9-1)35-21-27-42(28-22-35)49(43-29-23-38(24-30-43)47-17-7-13-36-10-3-5-15-45(36)47)44-31-25-39(26-32-44)48-18-8-14-37-11-4-6-16-46(37)48/h1-33H. The topological polar surface area (TPSA) is 3.24 Å². The summed E-state index contributed by atoms with van der Waals surface area (Å²) in [5, 5.41) is 7.55. The first-order chi connectivity index (χ1) is 24.3. The number of hydrogen-bond donors (Lipinski definition) is 0. The van der Waals surface area contributed by atoms with Crippen molar-refractivity contribution in [3.8, 4) is 33.4 Å². The second-order valence-corrected chi connectivity index (χ2v) is 12.6. The van der Waals surface area contributed by atoms with Gasteiger partial charge in [-0.15, -0.1) is 0 Å². The third kappa shape index (κ3) is 5.42. The van der Waals surface area contributed by atoms with E-state index in [1.54, 1.807) is 0 Å². The zero-order chi connectivity index (χ0) is 32.6. The first kappa shape index (κ1) is 28.8. The average Bonchev–Trinajstić information content (AvgIpc) is 3.18. The number of rotatable bonds is 6. The third-order valence-corrected chi connectivity index (χ3v) is 9.66. The third-order valence-electron chi connectivity index (χ3n) is 9.66. The van der Waals surface area contributed by atoms with Crippen LogP contribution in [0, 0.1) is 0 Å². The molecule has 0 saturated heterocycles. The van der Waals surface area contributed by atoms with Gasteiger partial charge in [0.1, 0.15) is 0 Å². The van der Waals surface area contributed by atoms with Crippen LogP contribution in [0.1, 0.15) is 0 Å². The van der Waals surface area contributed by atoms with Gasteiger partial charge in [0.25, 0.3) is 0 Å². The summed E-state index contributed by atoms with van der Waals surface area (Å²) in [5.41, 5.74) is 10.7. The highest BCUT2D eigenvalue weighted by Crippen LogP contribution is 2.39. The second-order valence-electron chi connectivity index (χ2n) is 12.6. The molecule has 0 unspecified atom stereocenters. The van der Waals surface area contributed by atoms with E-state index in [2.05, 4.69) is 205 Å². The molecular weight excluding hydrogens is 591 g/mol. The van der Waals surface area contributed by atoms with E-state index in [9.17, 15) is 0 Å². The lowest BCUT2D eigenvalue weighted by atomic mass is 9.97. The Balaban J connectivity index is 1.11. The summed E-state index contributed by atoms with van der Waals surface area (Å²) in [5.74, 6) is 0. The van der Waals surface area contributed by atoms with Crippen LogP contribution >= 0.6 is 0 Å². The van der Waals surface area contributed by atoms with Crippen LogP contribution in [0.4, 0.5) is 17.1 Å². The SMILES string of the molecule is c1ccc2cc(-c3ccc(N(c4ccc(-c5cccc6ccccc56)cc4)c4ccc(-c5cccc6ccccc56)cc4)cc3)ccc2c1. The fourth-order valence-corrected chi connectivity index (χ4v) is 7.15. The van der Waals surface area contributed by atoms with Gasteiger partial charge < -0.3 is 4.90 Å². The van der Waals surface area contributed by atoms with Gasteiger partial charge in [0, 0.05) is 17.1 Å². The van der Waals surface area contributed by atoms with E-state index < -0.39 is 0 Å². The lowest BCUT2D eigenvalue weighted by Crippen LogP contribution is -2.09. The first-order valence-electron chi connectivity index (χ1n) is 16.8. The van der Waals surface area contributed by atoms with E-state index >= 15 is 0 Å². The predicted molar refractivity (Wildman–Crippen MR) is 210 cm³/mol. The van der Waals surface area contributed by atoms with Gasteiger partial charge in [-0.25, -0.2) is 0 Å². The molecule has 49 heavy (non-hydrogen) atoms. The summed E-state index contributed by atoms with van der Waals surface area (Å²) in [6.45, 7) is 0. The van der Waals surface area contributed by atoms with E-state index in [0.29, 0.717) is 0 Å². The molecule has 9 aromatic rings. The van der Waals surface area contributed by atoms with E-state index in [0.717, 1.165) is 17.1 Å². The molecule has 0 radical (unpaired) electrons. The molecule has 0 aliphatic heterocycles. The van der Waals surface area contributed by atoms with E-state index in [1.807, 2.05) is 0 Å². The lowest BCUT2D eigenvalue weighted by molar-refractivity contribution is 1.28. The Morgan fingerprint density at radius 3 is 1.14 bits per heavy atom. The maximum Gasteiger partial charge on any atom is 0.0462 e. The Hall–Kier alpha value is -6.44. The smallest absolute Gasteiger partial charge is 0.0462 e. The van der Waals surface area contributed by atoms with Crippen molar-refractivity contribution >= 4 is 49.4 Å². The highest BCUT2D eigenvalue weighted by Gasteiger charge is 2.15. The molecule has 0 bridgehead atoms. The van der Waals surface area contributed by atoms with Crippen molar-refractivity contribution in [1.82, 2.24) is 0 Å². The Morgan fingerprint density at radius 2 is 0.633 bits per heavy atom. The minimum Gasteiger partial charge on any atom is -0.311 e. The summed E-state index contributed by atoms with van der Waals surface area (Å²) in [6.07, 6.45) is 0. The molecule has 9 rings (SSSR count). The van der Waals surface area contributed by atoms with Crippen molar-refractivity contribution in [2.45, 2.75) is 0 Å². The molecule has 0 aromatic heterocycles. The zero-order valence-corrected chi connectivity index (χ0v) is 27.0. The average molecular weight is 624 g/mol. The van der Waals surface area contributed by atoms with Crippen molar-refractivity contribution in [1.29, 1.82) is 0 Å². The molecular formula is C48H33N. The van der Waals surface area contributed by atoms with Crippen molar-refractivity contribution in [2.24, 2.45) is 0 Å². The van der Waals surface area contributed by atoms with Crippen molar-refractivity contribution in [3.05, 3.63) is 200 Å². The van der Waals surface area contributed by atoms with Crippen molar-refractivity contribution in [3.63, 3.8) is 0 Å². The van der Waals surface area contributed by atoms with Gasteiger partial charge in [-0.3, -0.25) is 0 Å². The summed E-state index contributed by atoms with van der Waals surface area (Å²) in [7, 11) is 0. The number of fused-ring (bicyclic) bond motifs is 3. The van der Waals surface area contributed by atoms with Crippen molar-refractivity contribution in [2.75, 3.05) is 4.90 Å². The molecule has 0 atom stereocenters. The van der Waals surface area contributed by atoms with Gasteiger partial charge in [-0.2, -0.15) is 0 Å². The van der Waals surface area contributed by atoms with Gasteiger partial charge in [0.2, 0.25) is 0 Å². The van der Waals surface area contributed by atoms with Crippen LogP contribution in [0.3, 0.4) is 0 Å². The van der Waals surface area contributed by atoms with E-state index in [4.69, 9.17) is 0 Å². The Morgan fingerprint density at radius 1 is 0.245 bits per heavy atom. The number of anilines is 3. The number of hydrogen-bond acceptors (Lipinski definition) is 1. The monoisotopic (exact) mass is 623 g/mol. The maximum atomic E-state index is 2.35. The van der Waals surface area contributed by atoms with Gasteiger partial charge >= 0.3 is 0 Å². The molecule has 0 aliphatic rings. The van der Waals surface area contributed by atoms with Gasteiger partial charge in [0.15, 0.2) is 0 Å². The van der Waals surface area contributed by atoms with Crippen molar-refractivity contribution < 1.29 is 0 Å². The van der Waals surface area contributed by atoms with Crippen LogP contribution in [-0.2, 0) is 0 Å². The van der Waals surface area contributed by atoms with Gasteiger partial charge in [-0.05, 0) is 108 Å². The largest absolute Gasteiger partial charge is 0.311 e. The van der Waals surface area contributed by atoms with Crippen LogP contribution in [0.15, 0.2) is 200 Å². The Labute approximate surface area is 287 Å².